The van der Waals surface area contributed by atoms with E-state index in [4.69, 9.17) is 0 Å². The van der Waals surface area contributed by atoms with Crippen LogP contribution in [0.3, 0.4) is 0 Å². The van der Waals surface area contributed by atoms with Crippen LogP contribution in [0.5, 0.6) is 0 Å². The van der Waals surface area contributed by atoms with Gasteiger partial charge in [-0.25, -0.2) is 0 Å². The second-order valence-corrected chi connectivity index (χ2v) is 7.45. The van der Waals surface area contributed by atoms with Crippen LogP contribution in [0, 0.1) is 12.3 Å². The monoisotopic (exact) mass is 353 g/mol. The smallest absolute Gasteiger partial charge is 0.368 e. The van der Waals surface area contributed by atoms with Gasteiger partial charge < -0.3 is 5.11 Å². The van der Waals surface area contributed by atoms with Crippen molar-refractivity contribution in [1.82, 2.24) is 0 Å². The van der Waals surface area contributed by atoms with Gasteiger partial charge in [0.2, 0.25) is 0 Å². The van der Waals surface area contributed by atoms with Gasteiger partial charge in [0.05, 0.1) is 5.57 Å². The molecule has 0 unspecified atom stereocenters. The molecule has 1 amide bonds. The van der Waals surface area contributed by atoms with Crippen molar-refractivity contribution in [2.75, 3.05) is 4.90 Å². The lowest BCUT2D eigenvalue weighted by molar-refractivity contribution is -0.235. The van der Waals surface area contributed by atoms with E-state index in [9.17, 15) is 27.9 Å². The molecule has 0 spiro atoms. The van der Waals surface area contributed by atoms with Gasteiger partial charge in [-0.15, -0.1) is 0 Å². The normalized spacial score (nSPS) is 26.3. The number of aliphatic hydroxyl groups is 1. The third kappa shape index (κ3) is 2.49. The maximum Gasteiger partial charge on any atom is 0.430 e. The second-order valence-electron chi connectivity index (χ2n) is 7.45. The molecule has 0 aromatic heterocycles. The Morgan fingerprint density at radius 2 is 1.64 bits per heavy atom. The van der Waals surface area contributed by atoms with Gasteiger partial charge in [0.15, 0.2) is 5.78 Å². The van der Waals surface area contributed by atoms with E-state index in [1.165, 1.54) is 12.1 Å². The Morgan fingerprint density at radius 1 is 1.08 bits per heavy atom. The van der Waals surface area contributed by atoms with Gasteiger partial charge in [-0.3, -0.25) is 14.5 Å². The lowest BCUT2D eigenvalue weighted by atomic mass is 9.73. The molecule has 1 aliphatic heterocycles. The quantitative estimate of drug-likeness (QED) is 0.843. The van der Waals surface area contributed by atoms with Crippen molar-refractivity contribution in [1.29, 1.82) is 0 Å². The van der Waals surface area contributed by atoms with Crippen LogP contribution in [-0.2, 0) is 9.59 Å². The van der Waals surface area contributed by atoms with Crippen LogP contribution < -0.4 is 4.90 Å². The zero-order valence-corrected chi connectivity index (χ0v) is 14.1. The number of ketones is 1. The lowest BCUT2D eigenvalue weighted by Crippen LogP contribution is -2.55. The van der Waals surface area contributed by atoms with Crippen LogP contribution in [-0.4, -0.2) is 28.6 Å². The van der Waals surface area contributed by atoms with Gasteiger partial charge in [-0.2, -0.15) is 13.2 Å². The van der Waals surface area contributed by atoms with E-state index in [0.29, 0.717) is 0 Å². The standard InChI is InChI=1S/C18H18F3NO3/c1-10-4-6-11(7-5-10)22-12-8-16(2,3)9-13(23)14(12)17(25,15(22)24)18(19,20)21/h4-7,25H,8-9H2,1-3H3/t17-/m1/s1. The Bertz CT molecular complexity index is 793. The Labute approximate surface area is 142 Å². The third-order valence-corrected chi connectivity index (χ3v) is 4.70. The molecule has 134 valence electrons. The summed E-state index contributed by atoms with van der Waals surface area (Å²) in [7, 11) is 0. The summed E-state index contributed by atoms with van der Waals surface area (Å²) in [5.41, 5.74) is -4.21. The van der Waals surface area contributed by atoms with Crippen molar-refractivity contribution in [3.05, 3.63) is 41.1 Å². The summed E-state index contributed by atoms with van der Waals surface area (Å²) in [5.74, 6) is -2.38. The Balaban J connectivity index is 2.25. The van der Waals surface area contributed by atoms with E-state index in [-0.39, 0.29) is 24.2 Å². The van der Waals surface area contributed by atoms with Crippen LogP contribution in [0.15, 0.2) is 35.5 Å². The molecule has 25 heavy (non-hydrogen) atoms. The molecule has 7 heteroatoms. The van der Waals surface area contributed by atoms with Crippen molar-refractivity contribution in [3.8, 4) is 0 Å². The highest BCUT2D eigenvalue weighted by molar-refractivity contribution is 6.18. The number of amides is 1. The number of carbonyl (C=O) groups is 2. The fourth-order valence-corrected chi connectivity index (χ4v) is 3.51. The molecule has 1 aromatic carbocycles. The van der Waals surface area contributed by atoms with E-state index in [2.05, 4.69) is 0 Å². The first-order valence-corrected chi connectivity index (χ1v) is 7.86. The summed E-state index contributed by atoms with van der Waals surface area (Å²) in [4.78, 5) is 25.9. The van der Waals surface area contributed by atoms with Crippen LogP contribution in [0.1, 0.15) is 32.3 Å². The highest BCUT2D eigenvalue weighted by Gasteiger charge is 2.70. The van der Waals surface area contributed by atoms with Crippen LogP contribution in [0.2, 0.25) is 0 Å². The van der Waals surface area contributed by atoms with Crippen LogP contribution >= 0.6 is 0 Å². The number of allylic oxidation sites excluding steroid dienone is 1. The molecular weight excluding hydrogens is 335 g/mol. The van der Waals surface area contributed by atoms with Gasteiger partial charge >= 0.3 is 6.18 Å². The van der Waals surface area contributed by atoms with E-state index in [0.717, 1.165) is 10.5 Å². The van der Waals surface area contributed by atoms with Crippen molar-refractivity contribution in [2.24, 2.45) is 5.41 Å². The van der Waals surface area contributed by atoms with E-state index < -0.39 is 34.5 Å². The second kappa shape index (κ2) is 5.17. The summed E-state index contributed by atoms with van der Waals surface area (Å²) in [6, 6.07) is 6.32. The molecule has 0 fully saturated rings. The number of rotatable bonds is 1. The minimum absolute atomic E-state index is 0.0603. The zero-order valence-electron chi connectivity index (χ0n) is 14.1. The number of alkyl halides is 3. The van der Waals surface area contributed by atoms with Crippen LogP contribution in [0.4, 0.5) is 18.9 Å². The fourth-order valence-electron chi connectivity index (χ4n) is 3.51. The maximum atomic E-state index is 13.6. The summed E-state index contributed by atoms with van der Waals surface area (Å²) in [6.07, 6.45) is -5.34. The number of hydrogen-bond donors (Lipinski definition) is 1. The average Bonchev–Trinajstić information content (AvgIpc) is 2.68. The van der Waals surface area contributed by atoms with E-state index in [1.807, 2.05) is 0 Å². The van der Waals surface area contributed by atoms with Gasteiger partial charge in [-0.05, 0) is 30.9 Å². The molecule has 1 aromatic rings. The van der Waals surface area contributed by atoms with Crippen molar-refractivity contribution >= 4 is 17.4 Å². The molecule has 1 N–H and O–H groups in total. The number of benzene rings is 1. The molecule has 2 aliphatic rings. The topological polar surface area (TPSA) is 57.6 Å². The number of hydrogen-bond acceptors (Lipinski definition) is 3. The summed E-state index contributed by atoms with van der Waals surface area (Å²) >= 11 is 0. The first-order valence-electron chi connectivity index (χ1n) is 7.86. The summed E-state index contributed by atoms with van der Waals surface area (Å²) < 4.78 is 40.8. The Kier molecular flexibility index (Phi) is 3.66. The number of anilines is 1. The predicted molar refractivity (Wildman–Crippen MR) is 84.7 cm³/mol. The number of aryl methyl sites for hydroxylation is 1. The van der Waals surface area contributed by atoms with Crippen molar-refractivity contribution < 1.29 is 27.9 Å². The molecule has 4 nitrogen and oxygen atoms in total. The van der Waals surface area contributed by atoms with E-state index >= 15 is 0 Å². The third-order valence-electron chi connectivity index (χ3n) is 4.70. The molecule has 1 heterocycles. The minimum Gasteiger partial charge on any atom is -0.368 e. The molecule has 1 atom stereocenters. The summed E-state index contributed by atoms with van der Waals surface area (Å²) in [5, 5.41) is 10.3. The molecule has 0 saturated carbocycles. The molecule has 0 radical (unpaired) electrons. The van der Waals surface area contributed by atoms with Gasteiger partial charge in [0.1, 0.15) is 0 Å². The van der Waals surface area contributed by atoms with Gasteiger partial charge in [0.25, 0.3) is 11.5 Å². The predicted octanol–water partition coefficient (Wildman–Crippen LogP) is 3.28. The fraction of sp³-hybridized carbons (Fsp3) is 0.444. The number of Topliss-reactive ketones (excluding diaryl/α,β-unsaturated/α-hetero) is 1. The minimum atomic E-state index is -5.28. The average molecular weight is 353 g/mol. The van der Waals surface area contributed by atoms with Crippen molar-refractivity contribution in [3.63, 3.8) is 0 Å². The number of nitrogens with zero attached hydrogens (tertiary/aromatic N) is 1. The molecule has 1 aliphatic carbocycles. The maximum absolute atomic E-state index is 13.6. The largest absolute Gasteiger partial charge is 0.430 e. The lowest BCUT2D eigenvalue weighted by Gasteiger charge is -2.33. The molecule has 0 saturated heterocycles. The number of carbonyl (C=O) groups excluding carboxylic acids is 2. The van der Waals surface area contributed by atoms with E-state index in [1.54, 1.807) is 32.9 Å². The number of halogens is 3. The highest BCUT2D eigenvalue weighted by Crippen LogP contribution is 2.52. The molecular formula is C18H18F3NO3. The first kappa shape index (κ1) is 17.7. The Morgan fingerprint density at radius 3 is 2.16 bits per heavy atom. The SMILES string of the molecule is Cc1ccc(N2C(=O)[C@@](O)(C(F)(F)F)C3=C2CC(C)(C)CC3=O)cc1. The highest BCUT2D eigenvalue weighted by atomic mass is 19.4. The first-order chi connectivity index (χ1) is 11.4. The Hall–Kier alpha value is -2.15. The summed E-state index contributed by atoms with van der Waals surface area (Å²) in [6.45, 7) is 5.30. The van der Waals surface area contributed by atoms with Gasteiger partial charge in [-0.1, -0.05) is 31.5 Å². The van der Waals surface area contributed by atoms with Crippen LogP contribution in [0.25, 0.3) is 0 Å². The zero-order chi connectivity index (χ0) is 18.8. The molecule has 3 rings (SSSR count). The van der Waals surface area contributed by atoms with Crippen molar-refractivity contribution in [2.45, 2.75) is 45.4 Å². The van der Waals surface area contributed by atoms with Gasteiger partial charge in [0, 0.05) is 17.8 Å². The molecule has 0 bridgehead atoms.